The van der Waals surface area contributed by atoms with E-state index in [-0.39, 0.29) is 10.8 Å². The van der Waals surface area contributed by atoms with E-state index in [0.29, 0.717) is 0 Å². The molecule has 0 heterocycles. The fourth-order valence-corrected chi connectivity index (χ4v) is 2.70. The molecule has 2 aliphatic carbocycles. The largest absolute Gasteiger partial charge is 0.303 e. The molecular weight excluding hydrogens is 140 g/mol. The Morgan fingerprint density at radius 2 is 1.27 bits per heavy atom. The molecule has 0 aromatic heterocycles. The number of carbonyl (C=O) groups is 2. The van der Waals surface area contributed by atoms with E-state index in [1.54, 1.807) is 0 Å². The van der Waals surface area contributed by atoms with Crippen molar-refractivity contribution in [1.82, 2.24) is 0 Å². The van der Waals surface area contributed by atoms with E-state index >= 15 is 0 Å². The minimum Gasteiger partial charge on any atom is -0.303 e. The molecule has 0 bridgehead atoms. The summed E-state index contributed by atoms with van der Waals surface area (Å²) >= 11 is 0. The van der Waals surface area contributed by atoms with Gasteiger partial charge in [-0.2, -0.15) is 0 Å². The van der Waals surface area contributed by atoms with Crippen LogP contribution in [0.15, 0.2) is 0 Å². The Morgan fingerprint density at radius 1 is 0.818 bits per heavy atom. The second-order valence-corrected chi connectivity index (χ2v) is 3.90. The van der Waals surface area contributed by atoms with Gasteiger partial charge in [0.2, 0.25) is 0 Å². The summed E-state index contributed by atoms with van der Waals surface area (Å²) in [6.45, 7) is 0. The Hall–Kier alpha value is -0.660. The first kappa shape index (κ1) is 7.01. The molecule has 2 unspecified atom stereocenters. The zero-order valence-corrected chi connectivity index (χ0v) is 6.51. The fourth-order valence-electron chi connectivity index (χ4n) is 2.70. The van der Waals surface area contributed by atoms with Crippen LogP contribution in [0.5, 0.6) is 0 Å². The van der Waals surface area contributed by atoms with Crippen molar-refractivity contribution in [2.45, 2.75) is 32.1 Å². The fraction of sp³-hybridized carbons (Fsp3) is 0.778. The molecule has 2 heteroatoms. The van der Waals surface area contributed by atoms with Gasteiger partial charge in [-0.05, 0) is 25.7 Å². The van der Waals surface area contributed by atoms with E-state index < -0.39 is 0 Å². The topological polar surface area (TPSA) is 34.1 Å². The molecule has 0 radical (unpaired) electrons. The zero-order valence-electron chi connectivity index (χ0n) is 6.51. The quantitative estimate of drug-likeness (QED) is 0.559. The van der Waals surface area contributed by atoms with E-state index in [0.717, 1.165) is 44.7 Å². The molecular formula is C9H12O2. The highest BCUT2D eigenvalue weighted by molar-refractivity contribution is 5.76. The number of carbonyl (C=O) groups excluding carboxylic acids is 2. The van der Waals surface area contributed by atoms with Crippen molar-refractivity contribution in [2.75, 3.05) is 0 Å². The molecule has 2 nitrogen and oxygen atoms in total. The van der Waals surface area contributed by atoms with E-state index in [9.17, 15) is 9.59 Å². The minimum absolute atomic E-state index is 0.227. The molecule has 2 fully saturated rings. The Balaban J connectivity index is 2.34. The van der Waals surface area contributed by atoms with Crippen molar-refractivity contribution in [2.24, 2.45) is 10.8 Å². The molecule has 11 heavy (non-hydrogen) atoms. The van der Waals surface area contributed by atoms with Gasteiger partial charge >= 0.3 is 0 Å². The van der Waals surface area contributed by atoms with Crippen molar-refractivity contribution < 1.29 is 9.59 Å². The number of fused-ring (bicyclic) bond motifs is 1. The van der Waals surface area contributed by atoms with Gasteiger partial charge < -0.3 is 9.59 Å². The van der Waals surface area contributed by atoms with Gasteiger partial charge in [-0.15, -0.1) is 0 Å². The monoisotopic (exact) mass is 152 g/mol. The lowest BCUT2D eigenvalue weighted by Crippen LogP contribution is -2.49. The van der Waals surface area contributed by atoms with Crippen LogP contribution in [-0.2, 0) is 9.59 Å². The first-order chi connectivity index (χ1) is 5.29. The third kappa shape index (κ3) is 0.585. The number of aldehydes is 2. The average molecular weight is 152 g/mol. The molecule has 2 aliphatic rings. The second-order valence-electron chi connectivity index (χ2n) is 3.90. The number of hydrogen-bond acceptors (Lipinski definition) is 2. The maximum atomic E-state index is 10.8. The van der Waals surface area contributed by atoms with Gasteiger partial charge in [0.05, 0.1) is 0 Å². The SMILES string of the molecule is O=CC12CCCC1(C=O)CC2. The van der Waals surface area contributed by atoms with Crippen LogP contribution in [0.2, 0.25) is 0 Å². The summed E-state index contributed by atoms with van der Waals surface area (Å²) in [6, 6.07) is 0. The van der Waals surface area contributed by atoms with Gasteiger partial charge in [-0.3, -0.25) is 0 Å². The predicted molar refractivity (Wildman–Crippen MR) is 40.1 cm³/mol. The Labute approximate surface area is 66.0 Å². The van der Waals surface area contributed by atoms with Gasteiger partial charge in [-0.1, -0.05) is 6.42 Å². The molecule has 0 spiro atoms. The number of hydrogen-bond donors (Lipinski definition) is 0. The summed E-state index contributed by atoms with van der Waals surface area (Å²) in [5.41, 5.74) is -0.455. The van der Waals surface area contributed by atoms with Crippen LogP contribution in [0.25, 0.3) is 0 Å². The first-order valence-electron chi connectivity index (χ1n) is 4.21. The van der Waals surface area contributed by atoms with Crippen molar-refractivity contribution in [3.63, 3.8) is 0 Å². The lowest BCUT2D eigenvalue weighted by atomic mass is 9.52. The zero-order chi connectivity index (χ0) is 7.95. The van der Waals surface area contributed by atoms with Crippen LogP contribution in [0.3, 0.4) is 0 Å². The molecule has 0 saturated heterocycles. The normalized spacial score (nSPS) is 47.6. The van der Waals surface area contributed by atoms with E-state index in [1.807, 2.05) is 0 Å². The number of rotatable bonds is 2. The smallest absolute Gasteiger partial charge is 0.127 e. The summed E-state index contributed by atoms with van der Waals surface area (Å²) in [5, 5.41) is 0. The van der Waals surface area contributed by atoms with Gasteiger partial charge in [0.1, 0.15) is 12.6 Å². The van der Waals surface area contributed by atoms with Crippen molar-refractivity contribution >= 4 is 12.6 Å². The predicted octanol–water partition coefficient (Wildman–Crippen LogP) is 1.33. The van der Waals surface area contributed by atoms with Crippen LogP contribution >= 0.6 is 0 Å². The molecule has 2 atom stereocenters. The molecule has 0 aliphatic heterocycles. The minimum atomic E-state index is -0.227. The summed E-state index contributed by atoms with van der Waals surface area (Å²) in [7, 11) is 0. The van der Waals surface area contributed by atoms with Gasteiger partial charge in [0.25, 0.3) is 0 Å². The van der Waals surface area contributed by atoms with Crippen LogP contribution in [0.4, 0.5) is 0 Å². The van der Waals surface area contributed by atoms with Crippen LogP contribution in [-0.4, -0.2) is 12.6 Å². The summed E-state index contributed by atoms with van der Waals surface area (Å²) in [4.78, 5) is 21.6. The molecule has 2 rings (SSSR count). The van der Waals surface area contributed by atoms with Gasteiger partial charge in [0.15, 0.2) is 0 Å². The Bertz CT molecular complexity index is 190. The van der Waals surface area contributed by atoms with Gasteiger partial charge in [0, 0.05) is 10.8 Å². The molecule has 0 aromatic rings. The van der Waals surface area contributed by atoms with E-state index in [2.05, 4.69) is 0 Å². The van der Waals surface area contributed by atoms with Crippen molar-refractivity contribution in [3.05, 3.63) is 0 Å². The van der Waals surface area contributed by atoms with E-state index in [4.69, 9.17) is 0 Å². The molecule has 0 amide bonds. The Kier molecular flexibility index (Phi) is 1.23. The lowest BCUT2D eigenvalue weighted by Gasteiger charge is -2.48. The molecule has 0 aromatic carbocycles. The highest BCUT2D eigenvalue weighted by atomic mass is 16.1. The molecule has 60 valence electrons. The summed E-state index contributed by atoms with van der Waals surface area (Å²) in [6.07, 6.45) is 6.86. The maximum Gasteiger partial charge on any atom is 0.127 e. The lowest BCUT2D eigenvalue weighted by molar-refractivity contribution is -0.145. The van der Waals surface area contributed by atoms with Crippen LogP contribution < -0.4 is 0 Å². The Morgan fingerprint density at radius 3 is 1.55 bits per heavy atom. The van der Waals surface area contributed by atoms with Crippen LogP contribution in [0.1, 0.15) is 32.1 Å². The van der Waals surface area contributed by atoms with Crippen LogP contribution in [0, 0.1) is 10.8 Å². The standard InChI is InChI=1S/C9H12O2/c10-6-8-2-1-3-9(8,7-11)5-4-8/h6-7H,1-5H2. The summed E-state index contributed by atoms with van der Waals surface area (Å²) in [5.74, 6) is 0. The molecule has 0 N–H and O–H groups in total. The summed E-state index contributed by atoms with van der Waals surface area (Å²) < 4.78 is 0. The van der Waals surface area contributed by atoms with Crippen molar-refractivity contribution in [1.29, 1.82) is 0 Å². The van der Waals surface area contributed by atoms with Crippen molar-refractivity contribution in [3.8, 4) is 0 Å². The highest BCUT2D eigenvalue weighted by Crippen LogP contribution is 2.64. The average Bonchev–Trinajstić information content (AvgIpc) is 2.26. The second kappa shape index (κ2) is 1.93. The third-order valence-electron chi connectivity index (χ3n) is 3.71. The first-order valence-corrected chi connectivity index (χ1v) is 4.21. The maximum absolute atomic E-state index is 10.8. The third-order valence-corrected chi connectivity index (χ3v) is 3.71. The molecule has 2 saturated carbocycles. The highest BCUT2D eigenvalue weighted by Gasteiger charge is 2.61. The van der Waals surface area contributed by atoms with E-state index in [1.165, 1.54) is 0 Å². The van der Waals surface area contributed by atoms with Gasteiger partial charge in [-0.25, -0.2) is 0 Å².